The Kier molecular flexibility index (Phi) is 5.30. The number of ketones is 1. The third-order valence-electron chi connectivity index (χ3n) is 4.44. The highest BCUT2D eigenvalue weighted by Crippen LogP contribution is 2.30. The van der Waals surface area contributed by atoms with Crippen molar-refractivity contribution in [3.8, 4) is 0 Å². The molecule has 25 heavy (non-hydrogen) atoms. The molecule has 1 fully saturated rings. The minimum absolute atomic E-state index is 0.00704. The molecule has 2 aromatic rings. The maximum Gasteiger partial charge on any atom is 0.317 e. The van der Waals surface area contributed by atoms with Gasteiger partial charge in [0.2, 0.25) is 0 Å². The summed E-state index contributed by atoms with van der Waals surface area (Å²) in [5, 5.41) is 4.02. The predicted molar refractivity (Wildman–Crippen MR) is 99.3 cm³/mol. The SMILES string of the molecule is CN1CC(C(=O)CC(c2ccc(Cl)cc2)c2ccc(Cl)cc2)NC1=O. The van der Waals surface area contributed by atoms with E-state index < -0.39 is 6.04 Å². The number of carbonyl (C=O) groups excluding carboxylic acids is 2. The molecule has 2 amide bonds. The number of benzene rings is 2. The van der Waals surface area contributed by atoms with E-state index in [1.807, 2.05) is 48.5 Å². The molecule has 1 atom stereocenters. The molecule has 3 rings (SSSR count). The molecule has 0 spiro atoms. The van der Waals surface area contributed by atoms with Gasteiger partial charge in [0.05, 0.1) is 0 Å². The lowest BCUT2D eigenvalue weighted by molar-refractivity contribution is -0.120. The Morgan fingerprint density at radius 3 is 1.96 bits per heavy atom. The molecule has 4 nitrogen and oxygen atoms in total. The fourth-order valence-corrected chi connectivity index (χ4v) is 3.26. The number of halogens is 2. The van der Waals surface area contributed by atoms with Gasteiger partial charge in [-0.1, -0.05) is 47.5 Å². The van der Waals surface area contributed by atoms with Gasteiger partial charge in [0.1, 0.15) is 6.04 Å². The largest absolute Gasteiger partial charge is 0.326 e. The molecule has 1 aliphatic heterocycles. The second-order valence-corrected chi connectivity index (χ2v) is 7.08. The molecule has 2 aromatic carbocycles. The Labute approximate surface area is 156 Å². The maximum absolute atomic E-state index is 12.7. The van der Waals surface area contributed by atoms with Gasteiger partial charge in [0.15, 0.2) is 5.78 Å². The first-order valence-electron chi connectivity index (χ1n) is 7.99. The van der Waals surface area contributed by atoms with E-state index in [-0.39, 0.29) is 17.7 Å². The molecular weight excluding hydrogens is 359 g/mol. The molecule has 1 unspecified atom stereocenters. The van der Waals surface area contributed by atoms with Crippen molar-refractivity contribution in [1.82, 2.24) is 10.2 Å². The van der Waals surface area contributed by atoms with Crippen molar-refractivity contribution >= 4 is 35.0 Å². The molecule has 0 saturated carbocycles. The van der Waals surface area contributed by atoms with E-state index in [1.54, 1.807) is 7.05 Å². The number of carbonyl (C=O) groups is 2. The molecule has 1 aliphatic rings. The Bertz CT molecular complexity index is 730. The summed E-state index contributed by atoms with van der Waals surface area (Å²) in [5.74, 6) is -0.113. The highest BCUT2D eigenvalue weighted by molar-refractivity contribution is 6.30. The van der Waals surface area contributed by atoms with Crippen molar-refractivity contribution in [2.24, 2.45) is 0 Å². The van der Waals surface area contributed by atoms with Crippen LogP contribution >= 0.6 is 23.2 Å². The van der Waals surface area contributed by atoms with Crippen LogP contribution in [0.15, 0.2) is 48.5 Å². The van der Waals surface area contributed by atoms with Gasteiger partial charge < -0.3 is 10.2 Å². The molecule has 0 aliphatic carbocycles. The van der Waals surface area contributed by atoms with Gasteiger partial charge in [-0.05, 0) is 35.4 Å². The van der Waals surface area contributed by atoms with Crippen LogP contribution in [0.1, 0.15) is 23.5 Å². The third-order valence-corrected chi connectivity index (χ3v) is 4.94. The van der Waals surface area contributed by atoms with Gasteiger partial charge in [-0.25, -0.2) is 4.79 Å². The molecule has 0 bridgehead atoms. The minimum Gasteiger partial charge on any atom is -0.326 e. The lowest BCUT2D eigenvalue weighted by Crippen LogP contribution is -2.35. The summed E-state index contributed by atoms with van der Waals surface area (Å²) in [4.78, 5) is 25.9. The third kappa shape index (κ3) is 4.14. The highest BCUT2D eigenvalue weighted by atomic mass is 35.5. The van der Waals surface area contributed by atoms with Crippen molar-refractivity contribution in [2.75, 3.05) is 13.6 Å². The fraction of sp³-hybridized carbons (Fsp3) is 0.263. The van der Waals surface area contributed by atoms with Crippen LogP contribution in [0.2, 0.25) is 10.0 Å². The van der Waals surface area contributed by atoms with E-state index in [4.69, 9.17) is 23.2 Å². The number of urea groups is 1. The second-order valence-electron chi connectivity index (χ2n) is 6.21. The van der Waals surface area contributed by atoms with Crippen LogP contribution in [-0.4, -0.2) is 36.3 Å². The normalized spacial score (nSPS) is 17.0. The Balaban J connectivity index is 1.86. The van der Waals surface area contributed by atoms with Crippen molar-refractivity contribution in [3.05, 3.63) is 69.7 Å². The fourth-order valence-electron chi connectivity index (χ4n) is 3.01. The number of amides is 2. The van der Waals surface area contributed by atoms with Crippen molar-refractivity contribution < 1.29 is 9.59 Å². The van der Waals surface area contributed by atoms with E-state index in [1.165, 1.54) is 4.90 Å². The number of nitrogens with one attached hydrogen (secondary N) is 1. The van der Waals surface area contributed by atoms with E-state index in [0.29, 0.717) is 23.0 Å². The summed E-state index contributed by atoms with van der Waals surface area (Å²) in [6.07, 6.45) is 0.294. The summed E-state index contributed by atoms with van der Waals surface area (Å²) >= 11 is 12.0. The molecule has 130 valence electrons. The Morgan fingerprint density at radius 1 is 1.08 bits per heavy atom. The highest BCUT2D eigenvalue weighted by Gasteiger charge is 2.32. The van der Waals surface area contributed by atoms with Crippen LogP contribution in [0.3, 0.4) is 0 Å². The van der Waals surface area contributed by atoms with Crippen LogP contribution in [0.4, 0.5) is 4.79 Å². The summed E-state index contributed by atoms with van der Waals surface area (Å²) in [7, 11) is 1.68. The number of hydrogen-bond acceptors (Lipinski definition) is 2. The Hall–Kier alpha value is -2.04. The minimum atomic E-state index is -0.473. The molecule has 0 radical (unpaired) electrons. The number of nitrogens with zero attached hydrogens (tertiary/aromatic N) is 1. The van der Waals surface area contributed by atoms with Crippen LogP contribution in [0.5, 0.6) is 0 Å². The van der Waals surface area contributed by atoms with Crippen molar-refractivity contribution in [1.29, 1.82) is 0 Å². The zero-order valence-electron chi connectivity index (χ0n) is 13.7. The van der Waals surface area contributed by atoms with Gasteiger partial charge in [0.25, 0.3) is 0 Å². The molecule has 1 heterocycles. The smallest absolute Gasteiger partial charge is 0.317 e. The predicted octanol–water partition coefficient (Wildman–Crippen LogP) is 4.11. The average molecular weight is 377 g/mol. The summed E-state index contributed by atoms with van der Waals surface area (Å²) in [6.45, 7) is 0.394. The van der Waals surface area contributed by atoms with E-state index in [0.717, 1.165) is 11.1 Å². The first-order chi connectivity index (χ1) is 11.9. The Morgan fingerprint density at radius 2 is 1.56 bits per heavy atom. The van der Waals surface area contributed by atoms with Crippen LogP contribution in [0, 0.1) is 0 Å². The number of Topliss-reactive ketones (excluding diaryl/α,β-unsaturated/α-hetero) is 1. The van der Waals surface area contributed by atoms with Crippen LogP contribution in [-0.2, 0) is 4.79 Å². The van der Waals surface area contributed by atoms with Gasteiger partial charge in [0, 0.05) is 36.0 Å². The lowest BCUT2D eigenvalue weighted by Gasteiger charge is -2.19. The average Bonchev–Trinajstić information content (AvgIpc) is 2.94. The van der Waals surface area contributed by atoms with E-state index >= 15 is 0 Å². The van der Waals surface area contributed by atoms with Gasteiger partial charge in [-0.15, -0.1) is 0 Å². The lowest BCUT2D eigenvalue weighted by atomic mass is 9.86. The maximum atomic E-state index is 12.7. The molecule has 1 saturated heterocycles. The number of rotatable bonds is 5. The van der Waals surface area contributed by atoms with Gasteiger partial charge >= 0.3 is 6.03 Å². The van der Waals surface area contributed by atoms with Gasteiger partial charge in [-0.2, -0.15) is 0 Å². The zero-order chi connectivity index (χ0) is 18.0. The first-order valence-corrected chi connectivity index (χ1v) is 8.75. The van der Waals surface area contributed by atoms with E-state index in [2.05, 4.69) is 5.32 Å². The molecular formula is C19H18Cl2N2O2. The zero-order valence-corrected chi connectivity index (χ0v) is 15.2. The number of hydrogen-bond donors (Lipinski definition) is 1. The quantitative estimate of drug-likeness (QED) is 0.853. The van der Waals surface area contributed by atoms with Crippen LogP contribution < -0.4 is 5.32 Å². The monoisotopic (exact) mass is 376 g/mol. The summed E-state index contributed by atoms with van der Waals surface area (Å²) < 4.78 is 0. The summed E-state index contributed by atoms with van der Waals surface area (Å²) in [6, 6.07) is 14.3. The molecule has 1 N–H and O–H groups in total. The topological polar surface area (TPSA) is 49.4 Å². The molecule has 0 aromatic heterocycles. The number of likely N-dealkylation sites (N-methyl/N-ethyl adjacent to an activating group) is 1. The van der Waals surface area contributed by atoms with Crippen molar-refractivity contribution in [2.45, 2.75) is 18.4 Å². The first kappa shape index (κ1) is 17.8. The van der Waals surface area contributed by atoms with Crippen molar-refractivity contribution in [3.63, 3.8) is 0 Å². The second kappa shape index (κ2) is 7.46. The van der Waals surface area contributed by atoms with Crippen LogP contribution in [0.25, 0.3) is 0 Å². The molecule has 6 heteroatoms. The van der Waals surface area contributed by atoms with E-state index in [9.17, 15) is 9.59 Å². The summed E-state index contributed by atoms with van der Waals surface area (Å²) in [5.41, 5.74) is 2.00. The van der Waals surface area contributed by atoms with Gasteiger partial charge in [-0.3, -0.25) is 4.79 Å². The standard InChI is InChI=1S/C19H18Cl2N2O2/c1-23-11-17(22-19(23)25)18(24)10-16(12-2-6-14(20)7-3-12)13-4-8-15(21)9-5-13/h2-9,16-17H,10-11H2,1H3,(H,22,25).